The minimum atomic E-state index is -0.429. The first kappa shape index (κ1) is 9.41. The predicted octanol–water partition coefficient (Wildman–Crippen LogP) is 1.11. The van der Waals surface area contributed by atoms with E-state index in [4.69, 9.17) is 0 Å². The van der Waals surface area contributed by atoms with E-state index in [0.29, 0.717) is 0 Å². The van der Waals surface area contributed by atoms with Crippen LogP contribution in [0.1, 0.15) is 20.8 Å². The standard InChI is InChI=1S/C7H13N3OS/c1-5(11)7(2,3)10-6-8-4-9-12-6/h4-5,11H,1-3H3,(H,8,9,10). The van der Waals surface area contributed by atoms with Gasteiger partial charge in [0.2, 0.25) is 5.13 Å². The Hall–Kier alpha value is -0.680. The van der Waals surface area contributed by atoms with Crippen molar-refractivity contribution in [3.8, 4) is 0 Å². The first-order valence-electron chi connectivity index (χ1n) is 3.75. The van der Waals surface area contributed by atoms with Crippen molar-refractivity contribution in [2.75, 3.05) is 5.32 Å². The van der Waals surface area contributed by atoms with Crippen molar-refractivity contribution in [3.63, 3.8) is 0 Å². The van der Waals surface area contributed by atoms with Crippen molar-refractivity contribution >= 4 is 16.7 Å². The molecule has 1 rings (SSSR count). The van der Waals surface area contributed by atoms with Crippen LogP contribution in [0.25, 0.3) is 0 Å². The van der Waals surface area contributed by atoms with Crippen LogP contribution in [-0.4, -0.2) is 26.1 Å². The van der Waals surface area contributed by atoms with Crippen LogP contribution in [0.4, 0.5) is 5.13 Å². The summed E-state index contributed by atoms with van der Waals surface area (Å²) in [7, 11) is 0. The summed E-state index contributed by atoms with van der Waals surface area (Å²) in [5.74, 6) is 0. The summed E-state index contributed by atoms with van der Waals surface area (Å²) in [6.07, 6.45) is 1.06. The van der Waals surface area contributed by atoms with Gasteiger partial charge in [-0.25, -0.2) is 4.98 Å². The molecule has 0 saturated carbocycles. The molecule has 1 unspecified atom stereocenters. The smallest absolute Gasteiger partial charge is 0.202 e. The molecule has 0 amide bonds. The number of anilines is 1. The molecule has 0 fully saturated rings. The Labute approximate surface area is 75.8 Å². The van der Waals surface area contributed by atoms with Gasteiger partial charge in [-0.05, 0) is 20.8 Å². The zero-order valence-electron chi connectivity index (χ0n) is 7.40. The van der Waals surface area contributed by atoms with Gasteiger partial charge in [0.1, 0.15) is 6.33 Å². The highest BCUT2D eigenvalue weighted by atomic mass is 32.1. The highest BCUT2D eigenvalue weighted by Gasteiger charge is 2.24. The summed E-state index contributed by atoms with van der Waals surface area (Å²) < 4.78 is 3.85. The maximum Gasteiger partial charge on any atom is 0.202 e. The average Bonchev–Trinajstić information content (AvgIpc) is 2.38. The molecule has 4 nitrogen and oxygen atoms in total. The molecule has 0 saturated heterocycles. The Morgan fingerprint density at radius 2 is 2.33 bits per heavy atom. The van der Waals surface area contributed by atoms with E-state index in [9.17, 15) is 5.11 Å². The Bertz CT molecular complexity index is 233. The number of nitrogens with one attached hydrogen (secondary N) is 1. The van der Waals surface area contributed by atoms with E-state index >= 15 is 0 Å². The Morgan fingerprint density at radius 3 is 2.75 bits per heavy atom. The minimum Gasteiger partial charge on any atom is -0.391 e. The monoisotopic (exact) mass is 187 g/mol. The van der Waals surface area contributed by atoms with Crippen LogP contribution in [-0.2, 0) is 0 Å². The van der Waals surface area contributed by atoms with Crippen LogP contribution >= 0.6 is 11.5 Å². The van der Waals surface area contributed by atoms with Gasteiger partial charge in [-0.2, -0.15) is 4.37 Å². The highest BCUT2D eigenvalue weighted by molar-refractivity contribution is 7.09. The van der Waals surface area contributed by atoms with Gasteiger partial charge in [0.25, 0.3) is 0 Å². The molecule has 68 valence electrons. The fraction of sp³-hybridized carbons (Fsp3) is 0.714. The molecule has 0 aromatic carbocycles. The molecule has 0 aliphatic rings. The van der Waals surface area contributed by atoms with Gasteiger partial charge in [-0.3, -0.25) is 0 Å². The van der Waals surface area contributed by atoms with Crippen molar-refractivity contribution in [1.29, 1.82) is 0 Å². The Kier molecular flexibility index (Phi) is 2.64. The van der Waals surface area contributed by atoms with Gasteiger partial charge in [0.15, 0.2) is 0 Å². The second-order valence-corrected chi connectivity index (χ2v) is 4.05. The van der Waals surface area contributed by atoms with Gasteiger partial charge < -0.3 is 10.4 Å². The van der Waals surface area contributed by atoms with Gasteiger partial charge in [-0.1, -0.05) is 0 Å². The normalized spacial score (nSPS) is 14.3. The van der Waals surface area contributed by atoms with Gasteiger partial charge in [-0.15, -0.1) is 0 Å². The zero-order valence-corrected chi connectivity index (χ0v) is 8.22. The fourth-order valence-electron chi connectivity index (χ4n) is 0.608. The first-order valence-corrected chi connectivity index (χ1v) is 4.52. The lowest BCUT2D eigenvalue weighted by Crippen LogP contribution is -2.41. The van der Waals surface area contributed by atoms with E-state index in [0.717, 1.165) is 5.13 Å². The molecule has 1 aromatic heterocycles. The highest BCUT2D eigenvalue weighted by Crippen LogP contribution is 2.18. The topological polar surface area (TPSA) is 58.0 Å². The van der Waals surface area contributed by atoms with Crippen molar-refractivity contribution in [2.45, 2.75) is 32.4 Å². The molecular formula is C7H13N3OS. The molecule has 1 atom stereocenters. The Balaban J connectivity index is 2.62. The predicted molar refractivity (Wildman–Crippen MR) is 49.3 cm³/mol. The van der Waals surface area contributed by atoms with Crippen LogP contribution < -0.4 is 5.32 Å². The van der Waals surface area contributed by atoms with Crippen LogP contribution in [0.3, 0.4) is 0 Å². The number of aliphatic hydroxyl groups excluding tert-OH is 1. The number of aliphatic hydroxyl groups is 1. The quantitative estimate of drug-likeness (QED) is 0.744. The molecule has 0 aliphatic heterocycles. The maximum atomic E-state index is 9.37. The number of rotatable bonds is 3. The minimum absolute atomic E-state index is 0.362. The molecule has 0 spiro atoms. The van der Waals surface area contributed by atoms with Crippen molar-refractivity contribution in [1.82, 2.24) is 9.36 Å². The SMILES string of the molecule is CC(O)C(C)(C)Nc1ncns1. The number of hydrogen-bond donors (Lipinski definition) is 2. The molecule has 5 heteroatoms. The molecule has 1 aromatic rings. The molecule has 0 bridgehead atoms. The summed E-state index contributed by atoms with van der Waals surface area (Å²) in [4.78, 5) is 3.97. The lowest BCUT2D eigenvalue weighted by molar-refractivity contribution is 0.133. The maximum absolute atomic E-state index is 9.37. The van der Waals surface area contributed by atoms with Crippen molar-refractivity contribution < 1.29 is 5.11 Å². The third-order valence-corrected chi connectivity index (χ3v) is 2.41. The molecular weight excluding hydrogens is 174 g/mol. The van der Waals surface area contributed by atoms with E-state index < -0.39 is 6.10 Å². The fourth-order valence-corrected chi connectivity index (χ4v) is 1.21. The average molecular weight is 187 g/mol. The van der Waals surface area contributed by atoms with Gasteiger partial charge in [0, 0.05) is 11.5 Å². The van der Waals surface area contributed by atoms with Crippen LogP contribution in [0, 0.1) is 0 Å². The molecule has 12 heavy (non-hydrogen) atoms. The first-order chi connectivity index (χ1) is 5.52. The van der Waals surface area contributed by atoms with Crippen LogP contribution in [0.2, 0.25) is 0 Å². The summed E-state index contributed by atoms with van der Waals surface area (Å²) in [6.45, 7) is 5.58. The van der Waals surface area contributed by atoms with Crippen molar-refractivity contribution in [2.24, 2.45) is 0 Å². The summed E-state index contributed by atoms with van der Waals surface area (Å²) in [6, 6.07) is 0. The third-order valence-electron chi connectivity index (χ3n) is 1.83. The van der Waals surface area contributed by atoms with Crippen LogP contribution in [0.5, 0.6) is 0 Å². The van der Waals surface area contributed by atoms with Gasteiger partial charge >= 0.3 is 0 Å². The third kappa shape index (κ3) is 2.15. The lowest BCUT2D eigenvalue weighted by atomic mass is 9.99. The van der Waals surface area contributed by atoms with E-state index in [-0.39, 0.29) is 5.54 Å². The number of aromatic nitrogens is 2. The summed E-state index contributed by atoms with van der Waals surface area (Å²) in [5.41, 5.74) is -0.362. The molecule has 2 N–H and O–H groups in total. The lowest BCUT2D eigenvalue weighted by Gasteiger charge is -2.28. The van der Waals surface area contributed by atoms with E-state index in [1.807, 2.05) is 13.8 Å². The summed E-state index contributed by atoms with van der Waals surface area (Å²) in [5, 5.41) is 13.2. The van der Waals surface area contributed by atoms with Gasteiger partial charge in [0.05, 0.1) is 11.6 Å². The molecule has 0 aliphatic carbocycles. The van der Waals surface area contributed by atoms with Crippen molar-refractivity contribution in [3.05, 3.63) is 6.33 Å². The van der Waals surface area contributed by atoms with E-state index in [1.54, 1.807) is 6.92 Å². The number of hydrogen-bond acceptors (Lipinski definition) is 5. The summed E-state index contributed by atoms with van der Waals surface area (Å²) >= 11 is 1.28. The van der Waals surface area contributed by atoms with Crippen LogP contribution in [0.15, 0.2) is 6.33 Å². The zero-order chi connectivity index (χ0) is 9.19. The molecule has 0 radical (unpaired) electrons. The second kappa shape index (κ2) is 3.37. The second-order valence-electron chi connectivity index (χ2n) is 3.27. The molecule has 1 heterocycles. The Morgan fingerprint density at radius 1 is 1.67 bits per heavy atom. The largest absolute Gasteiger partial charge is 0.391 e. The van der Waals surface area contributed by atoms with E-state index in [2.05, 4.69) is 14.7 Å². The van der Waals surface area contributed by atoms with E-state index in [1.165, 1.54) is 17.9 Å². The number of nitrogens with zero attached hydrogens (tertiary/aromatic N) is 2.